The van der Waals surface area contributed by atoms with Gasteiger partial charge in [0.05, 0.1) is 12.3 Å². The lowest BCUT2D eigenvalue weighted by Crippen LogP contribution is -2.47. The first-order valence-electron chi connectivity index (χ1n) is 8.35. The molecule has 1 aromatic rings. The van der Waals surface area contributed by atoms with Gasteiger partial charge in [-0.15, -0.1) is 0 Å². The number of carbonyl (C=O) groups is 1. The number of benzene rings is 1. The first-order chi connectivity index (χ1) is 10.5. The third kappa shape index (κ3) is 3.93. The van der Waals surface area contributed by atoms with Crippen LogP contribution in [0.4, 0.5) is 5.69 Å². The van der Waals surface area contributed by atoms with Crippen LogP contribution in [0.25, 0.3) is 0 Å². The fourth-order valence-electron chi connectivity index (χ4n) is 3.33. The Kier molecular flexibility index (Phi) is 5.69. The fraction of sp³-hybridized carbons (Fsp3) is 0.611. The molecule has 0 saturated carbocycles. The highest BCUT2D eigenvalue weighted by Crippen LogP contribution is 2.25. The number of aryl methyl sites for hydroxylation is 1. The van der Waals surface area contributed by atoms with E-state index < -0.39 is 0 Å². The largest absolute Gasteiger partial charge is 0.492 e. The molecule has 1 aromatic carbocycles. The summed E-state index contributed by atoms with van der Waals surface area (Å²) in [4.78, 5) is 14.6. The van der Waals surface area contributed by atoms with Crippen LogP contribution < -0.4 is 10.5 Å². The Labute approximate surface area is 133 Å². The van der Waals surface area contributed by atoms with E-state index in [0.717, 1.165) is 30.6 Å². The highest BCUT2D eigenvalue weighted by Gasteiger charge is 2.28. The van der Waals surface area contributed by atoms with Crippen molar-refractivity contribution in [3.8, 4) is 5.75 Å². The summed E-state index contributed by atoms with van der Waals surface area (Å²) in [6.45, 7) is 6.85. The number of likely N-dealkylation sites (tertiary alicyclic amines) is 1. The number of hydrogen-bond acceptors (Lipinski definition) is 3. The van der Waals surface area contributed by atoms with Gasteiger partial charge in [-0.3, -0.25) is 4.79 Å². The minimum atomic E-state index is 0.257. The molecule has 2 N–H and O–H groups in total. The van der Waals surface area contributed by atoms with Crippen LogP contribution >= 0.6 is 0 Å². The molecule has 1 saturated heterocycles. The number of ether oxygens (including phenoxy) is 1. The Balaban J connectivity index is 1.94. The van der Waals surface area contributed by atoms with E-state index in [1.54, 1.807) is 0 Å². The van der Waals surface area contributed by atoms with Crippen molar-refractivity contribution in [1.29, 1.82) is 0 Å². The molecule has 4 heteroatoms. The van der Waals surface area contributed by atoms with Crippen molar-refractivity contribution in [2.45, 2.75) is 65.0 Å². The minimum absolute atomic E-state index is 0.257. The summed E-state index contributed by atoms with van der Waals surface area (Å²) in [6, 6.07) is 6.53. The van der Waals surface area contributed by atoms with Gasteiger partial charge in [0.1, 0.15) is 5.75 Å². The number of nitrogen functional groups attached to an aromatic ring is 1. The van der Waals surface area contributed by atoms with E-state index in [0.29, 0.717) is 30.8 Å². The van der Waals surface area contributed by atoms with Crippen LogP contribution in [0.5, 0.6) is 5.75 Å². The molecule has 1 amide bonds. The highest BCUT2D eigenvalue weighted by molar-refractivity contribution is 5.77. The minimum Gasteiger partial charge on any atom is -0.492 e. The molecule has 0 radical (unpaired) electrons. The van der Waals surface area contributed by atoms with Crippen molar-refractivity contribution >= 4 is 11.6 Å². The van der Waals surface area contributed by atoms with Crippen molar-refractivity contribution in [2.75, 3.05) is 12.3 Å². The van der Waals surface area contributed by atoms with Crippen molar-refractivity contribution in [1.82, 2.24) is 4.90 Å². The molecule has 0 aliphatic carbocycles. The number of piperidine rings is 1. The normalized spacial score (nSPS) is 21.7. The predicted octanol–water partition coefficient (Wildman–Crippen LogP) is 3.39. The summed E-state index contributed by atoms with van der Waals surface area (Å²) in [5.74, 6) is 0.975. The van der Waals surface area contributed by atoms with E-state index in [-0.39, 0.29) is 5.91 Å². The Hall–Kier alpha value is -1.71. The average Bonchev–Trinajstić information content (AvgIpc) is 2.47. The number of nitrogens with zero attached hydrogens (tertiary/aromatic N) is 1. The molecule has 2 unspecified atom stereocenters. The Bertz CT molecular complexity index is 506. The second-order valence-electron chi connectivity index (χ2n) is 6.24. The maximum absolute atomic E-state index is 12.5. The Morgan fingerprint density at radius 2 is 2.00 bits per heavy atom. The third-order valence-electron chi connectivity index (χ3n) is 4.48. The van der Waals surface area contributed by atoms with Crippen molar-refractivity contribution < 1.29 is 9.53 Å². The molecule has 0 aromatic heterocycles. The topological polar surface area (TPSA) is 55.6 Å². The van der Waals surface area contributed by atoms with Crippen molar-refractivity contribution in [3.63, 3.8) is 0 Å². The van der Waals surface area contributed by atoms with Gasteiger partial charge in [0.2, 0.25) is 5.91 Å². The maximum atomic E-state index is 12.5. The zero-order chi connectivity index (χ0) is 16.1. The van der Waals surface area contributed by atoms with Crippen LogP contribution in [0.15, 0.2) is 18.2 Å². The molecule has 1 aliphatic rings. The Morgan fingerprint density at radius 3 is 2.59 bits per heavy atom. The van der Waals surface area contributed by atoms with Gasteiger partial charge in [-0.25, -0.2) is 0 Å². The zero-order valence-corrected chi connectivity index (χ0v) is 14.0. The van der Waals surface area contributed by atoms with E-state index in [1.807, 2.05) is 25.1 Å². The second-order valence-corrected chi connectivity index (χ2v) is 6.24. The summed E-state index contributed by atoms with van der Waals surface area (Å²) >= 11 is 0. The van der Waals surface area contributed by atoms with Gasteiger partial charge in [-0.1, -0.05) is 6.07 Å². The number of nitrogens with two attached hydrogens (primary N) is 1. The predicted molar refractivity (Wildman–Crippen MR) is 90.0 cm³/mol. The van der Waals surface area contributed by atoms with Crippen LogP contribution in [-0.4, -0.2) is 29.5 Å². The molecule has 1 fully saturated rings. The Morgan fingerprint density at radius 1 is 1.32 bits per heavy atom. The van der Waals surface area contributed by atoms with Gasteiger partial charge in [-0.05, 0) is 64.2 Å². The van der Waals surface area contributed by atoms with Crippen LogP contribution in [0.3, 0.4) is 0 Å². The van der Waals surface area contributed by atoms with Crippen LogP contribution in [0, 0.1) is 0 Å². The SMILES string of the molecule is CCOc1ccc(CCC(=O)N2C(C)CCCC2C)cc1N. The van der Waals surface area contributed by atoms with Crippen LogP contribution in [0.1, 0.15) is 52.0 Å². The average molecular weight is 304 g/mol. The molecular weight excluding hydrogens is 276 g/mol. The second kappa shape index (κ2) is 7.52. The smallest absolute Gasteiger partial charge is 0.223 e. The highest BCUT2D eigenvalue weighted by atomic mass is 16.5. The standard InChI is InChI=1S/C18H28N2O2/c1-4-22-17-10-8-15(12-16(17)19)9-11-18(21)20-13(2)6-5-7-14(20)3/h8,10,12-14H,4-7,9,11,19H2,1-3H3. The van der Waals surface area contributed by atoms with Gasteiger partial charge in [0.15, 0.2) is 0 Å². The molecule has 0 bridgehead atoms. The third-order valence-corrected chi connectivity index (χ3v) is 4.48. The van der Waals surface area contributed by atoms with Gasteiger partial charge in [0, 0.05) is 18.5 Å². The van der Waals surface area contributed by atoms with E-state index in [2.05, 4.69) is 18.7 Å². The summed E-state index contributed by atoms with van der Waals surface area (Å²) in [7, 11) is 0. The molecular formula is C18H28N2O2. The van der Waals surface area contributed by atoms with Crippen LogP contribution in [0.2, 0.25) is 0 Å². The molecule has 2 rings (SSSR count). The molecule has 4 nitrogen and oxygen atoms in total. The van der Waals surface area contributed by atoms with Gasteiger partial charge >= 0.3 is 0 Å². The van der Waals surface area contributed by atoms with Gasteiger partial charge in [-0.2, -0.15) is 0 Å². The molecule has 22 heavy (non-hydrogen) atoms. The van der Waals surface area contributed by atoms with Gasteiger partial charge in [0.25, 0.3) is 0 Å². The summed E-state index contributed by atoms with van der Waals surface area (Å²) < 4.78 is 5.44. The number of anilines is 1. The van der Waals surface area contributed by atoms with E-state index in [1.165, 1.54) is 6.42 Å². The lowest BCUT2D eigenvalue weighted by atomic mass is 9.96. The first-order valence-corrected chi connectivity index (χ1v) is 8.35. The number of rotatable bonds is 5. The van der Waals surface area contributed by atoms with Crippen LogP contribution in [-0.2, 0) is 11.2 Å². The number of carbonyl (C=O) groups excluding carboxylic acids is 1. The summed E-state index contributed by atoms with van der Waals surface area (Å²) in [5.41, 5.74) is 7.71. The zero-order valence-electron chi connectivity index (χ0n) is 14.0. The number of hydrogen-bond donors (Lipinski definition) is 1. The van der Waals surface area contributed by atoms with E-state index in [9.17, 15) is 4.79 Å². The van der Waals surface area contributed by atoms with Crippen molar-refractivity contribution in [2.24, 2.45) is 0 Å². The molecule has 0 spiro atoms. The maximum Gasteiger partial charge on any atom is 0.223 e. The van der Waals surface area contributed by atoms with Crippen molar-refractivity contribution in [3.05, 3.63) is 23.8 Å². The lowest BCUT2D eigenvalue weighted by molar-refractivity contribution is -0.137. The summed E-state index contributed by atoms with van der Waals surface area (Å²) in [5, 5.41) is 0. The molecule has 2 atom stereocenters. The fourth-order valence-corrected chi connectivity index (χ4v) is 3.33. The monoisotopic (exact) mass is 304 g/mol. The first kappa shape index (κ1) is 16.7. The molecule has 122 valence electrons. The molecule has 1 heterocycles. The quantitative estimate of drug-likeness (QED) is 0.848. The molecule has 1 aliphatic heterocycles. The van der Waals surface area contributed by atoms with E-state index in [4.69, 9.17) is 10.5 Å². The lowest BCUT2D eigenvalue weighted by Gasteiger charge is -2.39. The summed E-state index contributed by atoms with van der Waals surface area (Å²) in [6.07, 6.45) is 4.73. The van der Waals surface area contributed by atoms with Gasteiger partial charge < -0.3 is 15.4 Å². The number of amides is 1. The van der Waals surface area contributed by atoms with E-state index >= 15 is 0 Å².